The monoisotopic (exact) mass is 542 g/mol. The van der Waals surface area contributed by atoms with Gasteiger partial charge in [-0.2, -0.15) is 5.26 Å². The Morgan fingerprint density at radius 3 is 2.87 bits per heavy atom. The van der Waals surface area contributed by atoms with Crippen molar-refractivity contribution in [2.45, 2.75) is 52.0 Å². The zero-order valence-electron chi connectivity index (χ0n) is 23.8. The van der Waals surface area contributed by atoms with E-state index in [4.69, 9.17) is 11.4 Å². The number of rotatable bonds is 9. The fourth-order valence-corrected chi connectivity index (χ4v) is 5.27. The number of hydrogen-bond acceptors (Lipinski definition) is 7. The number of ether oxygens (including phenoxy) is 1. The molecule has 8 nitrogen and oxygen atoms in total. The number of benzene rings is 1. The molecule has 1 aromatic heterocycles. The van der Waals surface area contributed by atoms with Crippen LogP contribution >= 0.6 is 0 Å². The molecule has 1 saturated heterocycles. The number of halogens is 2. The van der Waals surface area contributed by atoms with Crippen LogP contribution in [-0.4, -0.2) is 72.9 Å². The molecule has 2 N–H and O–H groups in total. The Bertz CT molecular complexity index is 1280. The summed E-state index contributed by atoms with van der Waals surface area (Å²) in [5.41, 5.74) is 0.892. The Labute approximate surface area is 229 Å². The Morgan fingerprint density at radius 2 is 2.13 bits per heavy atom. The molecule has 2 aromatic rings. The van der Waals surface area contributed by atoms with Gasteiger partial charge in [-0.1, -0.05) is 20.8 Å². The fraction of sp³-hybridized carbons (Fsp3) is 0.586. The topological polar surface area (TPSA) is 107 Å². The van der Waals surface area contributed by atoms with E-state index < -0.39 is 48.8 Å². The van der Waals surface area contributed by atoms with Gasteiger partial charge in [0.05, 0.1) is 36.2 Å². The first kappa shape index (κ1) is 27.4. The minimum Gasteiger partial charge on any atom is -0.494 e. The number of alkyl halides is 2. The number of nitrogens with zero attached hydrogens (tertiary/aromatic N) is 3. The number of Topliss-reactive ketones (excluding diaryl/α,β-unsaturated/α-hetero) is 1. The number of nitriles is 1. The van der Waals surface area contributed by atoms with Crippen molar-refractivity contribution >= 4 is 22.6 Å². The third-order valence-corrected chi connectivity index (χ3v) is 7.57. The van der Waals surface area contributed by atoms with Crippen LogP contribution < -0.4 is 15.4 Å². The van der Waals surface area contributed by atoms with E-state index >= 15 is 0 Å². The average Bonchev–Trinajstić information content (AvgIpc) is 3.23. The molecule has 2 unspecified atom stereocenters. The molecule has 2 heterocycles. The molecule has 1 aliphatic heterocycles. The molecule has 3 atom stereocenters. The van der Waals surface area contributed by atoms with Crippen molar-refractivity contribution in [2.75, 3.05) is 39.3 Å². The summed E-state index contributed by atoms with van der Waals surface area (Å²) in [6.45, 7) is 9.79. The largest absolute Gasteiger partial charge is 0.494 e. The number of ketones is 1. The van der Waals surface area contributed by atoms with Crippen molar-refractivity contribution in [2.24, 2.45) is 17.3 Å². The highest BCUT2D eigenvalue weighted by Gasteiger charge is 2.49. The van der Waals surface area contributed by atoms with E-state index in [9.17, 15) is 18.4 Å². The second-order valence-electron chi connectivity index (χ2n) is 11.6. The van der Waals surface area contributed by atoms with E-state index in [1.54, 1.807) is 29.6 Å². The minimum atomic E-state index is -3.05. The van der Waals surface area contributed by atoms with Crippen molar-refractivity contribution in [3.05, 3.63) is 36.0 Å². The van der Waals surface area contributed by atoms with E-state index in [1.165, 1.54) is 12.3 Å². The quantitative estimate of drug-likeness (QED) is 0.464. The number of hydrogen-bond donors (Lipinski definition) is 2. The molecule has 39 heavy (non-hydrogen) atoms. The summed E-state index contributed by atoms with van der Waals surface area (Å²) >= 11 is 0. The Hall–Kier alpha value is -3.16. The lowest BCUT2D eigenvalue weighted by Gasteiger charge is -2.40. The summed E-state index contributed by atoms with van der Waals surface area (Å²) in [4.78, 5) is 32.2. The van der Waals surface area contributed by atoms with E-state index in [0.29, 0.717) is 35.4 Å². The number of amides is 1. The maximum atomic E-state index is 13.7. The highest BCUT2D eigenvalue weighted by atomic mass is 19.3. The normalized spacial score (nSPS) is 24.2. The third-order valence-electron chi connectivity index (χ3n) is 7.57. The average molecular weight is 543 g/mol. The molecular formula is C29H37F2N5O3. The maximum absolute atomic E-state index is 13.7. The van der Waals surface area contributed by atoms with Gasteiger partial charge in [0.15, 0.2) is 5.78 Å². The molecule has 4 rings (SSSR count). The van der Waals surface area contributed by atoms with E-state index in [-0.39, 0.29) is 11.5 Å². The first-order chi connectivity index (χ1) is 18.9. The van der Waals surface area contributed by atoms with Gasteiger partial charge in [0.2, 0.25) is 5.92 Å². The standard InChI is InChI=1S/C29H37F2N5O3/c1-28(2,3)26-18-36(11-9-34-26)10-4-12-39-20-5-6-24-22(13-20)21(7-8-33-24)27(38)35-17-25(37)23-15-29(30,31)14-19(23)16-32/h5-8,13,19,23,26,34H,4,9-12,14-15,17-18H2,1-3H3,(H,35,38)/t19-,23?,26?/m0/s1/i/hD. The lowest BCUT2D eigenvalue weighted by Crippen LogP contribution is -2.55. The van der Waals surface area contributed by atoms with Gasteiger partial charge in [0.1, 0.15) is 7.16 Å². The number of nitrogens with one attached hydrogen (secondary N) is 2. The molecule has 1 aliphatic carbocycles. The van der Waals surface area contributed by atoms with Gasteiger partial charge in [-0.3, -0.25) is 14.6 Å². The van der Waals surface area contributed by atoms with Gasteiger partial charge < -0.3 is 20.3 Å². The molecule has 2 fully saturated rings. The lowest BCUT2D eigenvalue weighted by atomic mass is 9.85. The molecule has 1 amide bonds. The number of piperazine rings is 1. The lowest BCUT2D eigenvalue weighted by molar-refractivity contribution is -0.123. The molecule has 10 heteroatoms. The molecule has 0 bridgehead atoms. The van der Waals surface area contributed by atoms with Crippen LogP contribution in [0, 0.1) is 28.6 Å². The zero-order chi connectivity index (χ0) is 29.1. The summed E-state index contributed by atoms with van der Waals surface area (Å²) < 4.78 is 41.7. The third kappa shape index (κ3) is 7.28. The number of fused-ring (bicyclic) bond motifs is 1. The van der Waals surface area contributed by atoms with Crippen LogP contribution in [0.1, 0.15) is 50.4 Å². The summed E-state index contributed by atoms with van der Waals surface area (Å²) in [6, 6.07) is 8.78. The summed E-state index contributed by atoms with van der Waals surface area (Å²) in [5, 5.41) is 13.9. The number of aromatic nitrogens is 1. The van der Waals surface area contributed by atoms with Crippen LogP contribution in [0.15, 0.2) is 30.5 Å². The number of carbonyl (C=O) groups excluding carboxylic acids is 2. The van der Waals surface area contributed by atoms with E-state index in [0.717, 1.165) is 26.1 Å². The summed E-state index contributed by atoms with van der Waals surface area (Å²) in [7, 11) is 0. The smallest absolute Gasteiger partial charge is 0.252 e. The molecule has 0 radical (unpaired) electrons. The Balaban J connectivity index is 1.33. The van der Waals surface area contributed by atoms with E-state index in [2.05, 4.69) is 36.0 Å². The summed E-state index contributed by atoms with van der Waals surface area (Å²) in [6.07, 6.45) is 0.991. The SMILES string of the molecule is [2H]N1CCN(CCCOc2ccc3nccc(C(=O)NCC(=O)C4CC(F)(F)C[C@H]4C#N)c3c2)CC1C(C)(C)C. The summed E-state index contributed by atoms with van der Waals surface area (Å²) in [5.74, 6) is -5.71. The van der Waals surface area contributed by atoms with Crippen LogP contribution in [0.25, 0.3) is 10.9 Å². The molecular weight excluding hydrogens is 504 g/mol. The van der Waals surface area contributed by atoms with Crippen LogP contribution in [0.3, 0.4) is 0 Å². The minimum absolute atomic E-state index is 0.0254. The predicted molar refractivity (Wildman–Crippen MR) is 144 cm³/mol. The van der Waals surface area contributed by atoms with Crippen molar-refractivity contribution < 1.29 is 24.5 Å². The van der Waals surface area contributed by atoms with Gasteiger partial charge in [0, 0.05) is 62.6 Å². The zero-order valence-corrected chi connectivity index (χ0v) is 22.8. The fourth-order valence-electron chi connectivity index (χ4n) is 5.27. The molecule has 1 aromatic carbocycles. The van der Waals surface area contributed by atoms with Crippen LogP contribution in [-0.2, 0) is 4.79 Å². The first-order valence-electron chi connectivity index (χ1n) is 13.9. The van der Waals surface area contributed by atoms with Gasteiger partial charge in [-0.15, -0.1) is 0 Å². The van der Waals surface area contributed by atoms with Crippen molar-refractivity contribution in [1.82, 2.24) is 20.5 Å². The van der Waals surface area contributed by atoms with E-state index in [1.807, 2.05) is 0 Å². The Morgan fingerprint density at radius 1 is 1.33 bits per heavy atom. The second-order valence-corrected chi connectivity index (χ2v) is 11.6. The predicted octanol–water partition coefficient (Wildman–Crippen LogP) is 3.81. The van der Waals surface area contributed by atoms with Crippen LogP contribution in [0.4, 0.5) is 8.78 Å². The van der Waals surface area contributed by atoms with Crippen molar-refractivity contribution in [3.63, 3.8) is 0 Å². The maximum Gasteiger partial charge on any atom is 0.252 e. The molecule has 2 aliphatic rings. The van der Waals surface area contributed by atoms with Crippen molar-refractivity contribution in [1.29, 1.82) is 5.26 Å². The number of pyridine rings is 1. The highest BCUT2D eigenvalue weighted by molar-refractivity contribution is 6.07. The van der Waals surface area contributed by atoms with Gasteiger partial charge in [0.25, 0.3) is 5.91 Å². The second kappa shape index (κ2) is 11.9. The molecule has 1 saturated carbocycles. The van der Waals surface area contributed by atoms with Crippen LogP contribution in [0.5, 0.6) is 5.75 Å². The van der Waals surface area contributed by atoms with Gasteiger partial charge in [-0.05, 0) is 36.1 Å². The number of carbonyl (C=O) groups is 2. The van der Waals surface area contributed by atoms with Crippen molar-refractivity contribution in [3.8, 4) is 11.8 Å². The molecule has 0 spiro atoms. The first-order valence-corrected chi connectivity index (χ1v) is 13.5. The molecule has 210 valence electrons. The van der Waals surface area contributed by atoms with Gasteiger partial charge in [-0.25, -0.2) is 8.78 Å². The van der Waals surface area contributed by atoms with Gasteiger partial charge >= 0.3 is 0 Å². The Kier molecular flexibility index (Phi) is 8.38. The van der Waals surface area contributed by atoms with Crippen LogP contribution in [0.2, 0.25) is 1.41 Å². The highest BCUT2D eigenvalue weighted by Crippen LogP contribution is 2.43.